The van der Waals surface area contributed by atoms with Gasteiger partial charge in [0.1, 0.15) is 11.3 Å². The van der Waals surface area contributed by atoms with Gasteiger partial charge in [0.15, 0.2) is 29.2 Å². The van der Waals surface area contributed by atoms with Crippen molar-refractivity contribution < 1.29 is 27.9 Å². The number of aliphatic hydroxyl groups is 1. The predicted octanol–water partition coefficient (Wildman–Crippen LogP) is 2.17. The lowest BCUT2D eigenvalue weighted by Crippen LogP contribution is -2.48. The lowest BCUT2D eigenvalue weighted by Gasteiger charge is -2.35. The summed E-state index contributed by atoms with van der Waals surface area (Å²) in [5.74, 6) is -1.33. The van der Waals surface area contributed by atoms with Crippen LogP contribution in [0.4, 0.5) is 22.9 Å². The molecule has 4 N–H and O–H groups in total. The van der Waals surface area contributed by atoms with Crippen molar-refractivity contribution in [3.63, 3.8) is 0 Å². The van der Waals surface area contributed by atoms with Crippen molar-refractivity contribution in [2.75, 3.05) is 42.4 Å². The first kappa shape index (κ1) is 34.4. The number of carbonyl (C=O) groups excluding carboxylic acids is 3. The zero-order chi connectivity index (χ0) is 36.0. The minimum atomic E-state index is -3.62. The van der Waals surface area contributed by atoms with Gasteiger partial charge in [0.25, 0.3) is 11.8 Å². The number of para-hydroxylation sites is 1. The first-order valence-electron chi connectivity index (χ1n) is 15.7. The van der Waals surface area contributed by atoms with Crippen molar-refractivity contribution in [3.05, 3.63) is 77.5 Å². The molecule has 2 aliphatic rings. The Bertz CT molecular complexity index is 2140. The number of rotatable bonds is 10. The van der Waals surface area contributed by atoms with Gasteiger partial charge >= 0.3 is 0 Å². The molecule has 0 bridgehead atoms. The van der Waals surface area contributed by atoms with Crippen molar-refractivity contribution in [1.82, 2.24) is 30.4 Å². The van der Waals surface area contributed by atoms with Crippen LogP contribution in [0.1, 0.15) is 52.0 Å². The second-order valence-corrected chi connectivity index (χ2v) is 14.4. The van der Waals surface area contributed by atoms with Gasteiger partial charge in [-0.3, -0.25) is 24.4 Å². The Morgan fingerprint density at radius 3 is 2.54 bits per heavy atom. The Morgan fingerprint density at radius 1 is 1.08 bits per heavy atom. The monoisotopic (exact) mass is 695 g/mol. The van der Waals surface area contributed by atoms with Crippen LogP contribution in [0.5, 0.6) is 0 Å². The minimum absolute atomic E-state index is 0.00237. The number of aromatic nitrogens is 4. The lowest BCUT2D eigenvalue weighted by atomic mass is 9.85. The normalized spacial score (nSPS) is 14.9. The van der Waals surface area contributed by atoms with Crippen molar-refractivity contribution in [2.45, 2.75) is 36.8 Å². The first-order valence-corrected chi connectivity index (χ1v) is 17.4. The standard InChI is InChI=1S/C33H34BN9O6S/c1-5-50(48,49)20-11-12-36-26(14-20)33(34,47)43(4)32(46)25-13-19-17-42(3)29-21(22(19)16-37-25)7-6-8-23(29)38-24-15-27(39-30(44)18-9-10-18)40-41-28(24)31(45)35-2/h6-8,11-16,18,47H,5,9-10,17H2,1-4H3,(H,35,45)(H2,38,39,40,44). The SMILES string of the molecule is [B]C(O)(c1cc(S(=O)(=O)CC)ccn1)N(C)C(=O)c1cc2c(cn1)-c1cccc(Nc3cc(NC(=O)C4CC4)nnc3C(=O)NC)c1N(C)C2. The van der Waals surface area contributed by atoms with E-state index in [2.05, 4.69) is 36.1 Å². The molecule has 1 atom stereocenters. The highest BCUT2D eigenvalue weighted by Crippen LogP contribution is 2.44. The molecule has 1 aromatic carbocycles. The zero-order valence-electron chi connectivity index (χ0n) is 27.8. The maximum atomic E-state index is 13.6. The molecule has 256 valence electrons. The maximum absolute atomic E-state index is 13.6. The molecule has 1 saturated carbocycles. The number of hydrogen-bond donors (Lipinski definition) is 4. The van der Waals surface area contributed by atoms with Crippen LogP contribution in [0.15, 0.2) is 59.8 Å². The molecule has 50 heavy (non-hydrogen) atoms. The van der Waals surface area contributed by atoms with Crippen molar-refractivity contribution in [3.8, 4) is 11.1 Å². The van der Waals surface area contributed by atoms with Crippen LogP contribution >= 0.6 is 0 Å². The highest BCUT2D eigenvalue weighted by Gasteiger charge is 2.35. The van der Waals surface area contributed by atoms with E-state index >= 15 is 0 Å². The van der Waals surface area contributed by atoms with Gasteiger partial charge in [0, 0.05) is 63.2 Å². The molecule has 3 aromatic heterocycles. The molecule has 2 radical (unpaired) electrons. The van der Waals surface area contributed by atoms with Gasteiger partial charge < -0.3 is 30.9 Å². The van der Waals surface area contributed by atoms with Gasteiger partial charge in [-0.05, 0) is 42.7 Å². The fourth-order valence-electron chi connectivity index (χ4n) is 5.62. The molecule has 3 amide bonds. The third-order valence-corrected chi connectivity index (χ3v) is 10.4. The Balaban J connectivity index is 1.30. The van der Waals surface area contributed by atoms with Crippen LogP contribution < -0.4 is 20.9 Å². The van der Waals surface area contributed by atoms with Gasteiger partial charge in [-0.25, -0.2) is 8.42 Å². The van der Waals surface area contributed by atoms with Crippen LogP contribution in [0.25, 0.3) is 11.1 Å². The number of carbonyl (C=O) groups is 3. The third-order valence-electron chi connectivity index (χ3n) is 8.69. The summed E-state index contributed by atoms with van der Waals surface area (Å²) in [5, 5.41) is 27.9. The summed E-state index contributed by atoms with van der Waals surface area (Å²) in [6.45, 7) is 1.85. The van der Waals surface area contributed by atoms with Gasteiger partial charge in [0.05, 0.1) is 33.4 Å². The van der Waals surface area contributed by atoms with E-state index < -0.39 is 27.3 Å². The summed E-state index contributed by atoms with van der Waals surface area (Å²) in [5.41, 5.74) is 1.42. The van der Waals surface area contributed by atoms with Crippen molar-refractivity contribution in [1.29, 1.82) is 0 Å². The van der Waals surface area contributed by atoms with Gasteiger partial charge in [0.2, 0.25) is 5.91 Å². The highest BCUT2D eigenvalue weighted by atomic mass is 32.2. The van der Waals surface area contributed by atoms with Crippen LogP contribution in [0, 0.1) is 5.92 Å². The number of hydrogen-bond acceptors (Lipinski definition) is 12. The number of sulfone groups is 1. The molecule has 15 nitrogen and oxygen atoms in total. The number of pyridine rings is 2. The Hall–Kier alpha value is -5.42. The molecule has 1 aliphatic heterocycles. The van der Waals surface area contributed by atoms with Crippen molar-refractivity contribution >= 4 is 58.3 Å². The van der Waals surface area contributed by atoms with E-state index in [0.29, 0.717) is 17.9 Å². The summed E-state index contributed by atoms with van der Waals surface area (Å²) >= 11 is 0. The van der Waals surface area contributed by atoms with Crippen LogP contribution in [0.3, 0.4) is 0 Å². The summed E-state index contributed by atoms with van der Waals surface area (Å²) in [6, 6.07) is 11.2. The summed E-state index contributed by atoms with van der Waals surface area (Å²) < 4.78 is 24.8. The number of amides is 3. The number of nitrogens with one attached hydrogen (secondary N) is 3. The maximum Gasteiger partial charge on any atom is 0.274 e. The third kappa shape index (κ3) is 6.48. The molecule has 4 aromatic rings. The molecule has 4 heterocycles. The van der Waals surface area contributed by atoms with E-state index in [4.69, 9.17) is 7.85 Å². The fourth-order valence-corrected chi connectivity index (χ4v) is 6.51. The average molecular weight is 696 g/mol. The molecule has 0 spiro atoms. The Morgan fingerprint density at radius 2 is 1.84 bits per heavy atom. The lowest BCUT2D eigenvalue weighted by molar-refractivity contribution is -0.117. The van der Waals surface area contributed by atoms with Crippen LogP contribution in [-0.4, -0.2) is 91.1 Å². The minimum Gasteiger partial charge on any atom is -0.374 e. The van der Waals surface area contributed by atoms with Gasteiger partial charge in [-0.2, -0.15) is 0 Å². The topological polar surface area (TPSA) is 200 Å². The molecule has 1 fully saturated rings. The van der Waals surface area contributed by atoms with E-state index in [0.717, 1.165) is 46.2 Å². The summed E-state index contributed by atoms with van der Waals surface area (Å²) in [4.78, 5) is 49.9. The Kier molecular flexibility index (Phi) is 9.05. The van der Waals surface area contributed by atoms with E-state index in [1.807, 2.05) is 30.1 Å². The predicted molar refractivity (Wildman–Crippen MR) is 186 cm³/mol. The number of anilines is 4. The molecule has 0 saturated heterocycles. The quantitative estimate of drug-likeness (QED) is 0.140. The average Bonchev–Trinajstić information content (AvgIpc) is 3.97. The molecular weight excluding hydrogens is 661 g/mol. The van der Waals surface area contributed by atoms with Crippen molar-refractivity contribution in [2.24, 2.45) is 5.92 Å². The molecule has 1 unspecified atom stereocenters. The van der Waals surface area contributed by atoms with Crippen LogP contribution in [0.2, 0.25) is 0 Å². The summed E-state index contributed by atoms with van der Waals surface area (Å²) in [6.07, 6.45) is 4.41. The largest absolute Gasteiger partial charge is 0.374 e. The van der Waals surface area contributed by atoms with E-state index in [9.17, 15) is 27.9 Å². The summed E-state index contributed by atoms with van der Waals surface area (Å²) in [7, 11) is 7.17. The van der Waals surface area contributed by atoms with Crippen LogP contribution in [-0.2, 0) is 26.8 Å². The number of nitrogens with zero attached hydrogens (tertiary/aromatic N) is 6. The zero-order valence-corrected chi connectivity index (χ0v) is 28.6. The number of fused-ring (bicyclic) bond motifs is 3. The first-order chi connectivity index (χ1) is 23.7. The molecule has 1 aliphatic carbocycles. The molecule has 17 heteroatoms. The van der Waals surface area contributed by atoms with Gasteiger partial charge in [-0.15, -0.1) is 10.2 Å². The molecule has 6 rings (SSSR count). The van der Waals surface area contributed by atoms with E-state index in [-0.39, 0.29) is 45.4 Å². The number of benzene rings is 1. The molecular formula is C33H34BN9O6S. The smallest absolute Gasteiger partial charge is 0.274 e. The second-order valence-electron chi connectivity index (χ2n) is 12.1. The second kappa shape index (κ2) is 13.1. The van der Waals surface area contributed by atoms with Gasteiger partial charge in [-0.1, -0.05) is 19.1 Å². The Labute approximate surface area is 289 Å². The highest BCUT2D eigenvalue weighted by molar-refractivity contribution is 7.91. The van der Waals surface area contributed by atoms with E-state index in [1.165, 1.54) is 33.3 Å². The fraction of sp³-hybridized carbons (Fsp3) is 0.303. The van der Waals surface area contributed by atoms with E-state index in [1.54, 1.807) is 18.3 Å².